The van der Waals surface area contributed by atoms with Crippen LogP contribution in [0.3, 0.4) is 0 Å². The molecule has 3 aromatic rings. The number of esters is 1. The molecular weight excluding hydrogens is 418 g/mol. The van der Waals surface area contributed by atoms with Crippen LogP contribution in [0.2, 0.25) is 0 Å². The van der Waals surface area contributed by atoms with Crippen LogP contribution in [0.15, 0.2) is 71.8 Å². The molecule has 0 amide bonds. The number of nitrogens with zero attached hydrogens (tertiary/aromatic N) is 3. The second-order valence-electron chi connectivity index (χ2n) is 6.97. The first-order chi connectivity index (χ1) is 16.1. The molecule has 0 aliphatic heterocycles. The average molecular weight is 441 g/mol. The minimum absolute atomic E-state index is 0.106. The second-order valence-corrected chi connectivity index (χ2v) is 6.97. The number of benzene rings is 3. The summed E-state index contributed by atoms with van der Waals surface area (Å²) in [5, 5.41) is 3.73. The predicted molar refractivity (Wildman–Crippen MR) is 126 cm³/mol. The molecule has 0 saturated carbocycles. The van der Waals surface area contributed by atoms with Gasteiger partial charge < -0.3 is 14.2 Å². The minimum Gasteiger partial charge on any atom is -0.493 e. The van der Waals surface area contributed by atoms with E-state index in [0.717, 1.165) is 22.3 Å². The van der Waals surface area contributed by atoms with Gasteiger partial charge in [-0.15, -0.1) is 0 Å². The van der Waals surface area contributed by atoms with Gasteiger partial charge in [0.1, 0.15) is 0 Å². The number of ether oxygens (including phenoxy) is 3. The molecule has 33 heavy (non-hydrogen) atoms. The summed E-state index contributed by atoms with van der Waals surface area (Å²) in [5.41, 5.74) is 12.6. The third kappa shape index (κ3) is 5.85. The zero-order chi connectivity index (χ0) is 23.6. The normalized spacial score (nSPS) is 10.8. The maximum absolute atomic E-state index is 11.9. The highest BCUT2D eigenvalue weighted by Gasteiger charge is 2.20. The number of methoxy groups -OCH3 is 2. The zero-order valence-electron chi connectivity index (χ0n) is 18.6. The number of hydrogen-bond donors (Lipinski definition) is 0. The fourth-order valence-electron chi connectivity index (χ4n) is 3.39. The van der Waals surface area contributed by atoms with Crippen molar-refractivity contribution in [1.29, 1.82) is 0 Å². The molecule has 3 aromatic carbocycles. The monoisotopic (exact) mass is 441 g/mol. The number of carbonyl (C=O) groups excluding carboxylic acids is 1. The maximum Gasteiger partial charge on any atom is 0.304 e. The molecule has 0 fully saturated rings. The summed E-state index contributed by atoms with van der Waals surface area (Å²) in [6, 6.07) is 20.5. The molecule has 0 aliphatic carbocycles. The lowest BCUT2D eigenvalue weighted by Gasteiger charge is -2.19. The standard InChI is InChI=1S/C26H23N3O4/c1-18(30)33-24(14-13-19-9-5-4-6-10-19)22-12-8-7-11-21(22)23-16-26(32-3)25(31-2)15-20(23)17-28-29-27/h4-12,15-16,24H,17H2,1-3H3. The maximum atomic E-state index is 11.9. The Labute approximate surface area is 192 Å². The fourth-order valence-corrected chi connectivity index (χ4v) is 3.39. The number of rotatable bonds is 7. The van der Waals surface area contributed by atoms with Gasteiger partial charge in [0.25, 0.3) is 0 Å². The highest BCUT2D eigenvalue weighted by Crippen LogP contribution is 2.39. The van der Waals surface area contributed by atoms with Crippen molar-refractivity contribution in [3.05, 3.63) is 93.9 Å². The second kappa shape index (κ2) is 11.3. The Morgan fingerprint density at radius 1 is 1.00 bits per heavy atom. The Morgan fingerprint density at radius 2 is 1.67 bits per heavy atom. The molecular formula is C26H23N3O4. The Morgan fingerprint density at radius 3 is 2.33 bits per heavy atom. The third-order valence-electron chi connectivity index (χ3n) is 4.85. The van der Waals surface area contributed by atoms with Gasteiger partial charge in [-0.25, -0.2) is 0 Å². The van der Waals surface area contributed by atoms with Crippen LogP contribution < -0.4 is 9.47 Å². The first-order valence-corrected chi connectivity index (χ1v) is 10.2. The summed E-state index contributed by atoms with van der Waals surface area (Å²) < 4.78 is 16.5. The van der Waals surface area contributed by atoms with E-state index in [1.165, 1.54) is 6.92 Å². The molecule has 0 radical (unpaired) electrons. The van der Waals surface area contributed by atoms with Crippen LogP contribution in [0.1, 0.15) is 29.7 Å². The van der Waals surface area contributed by atoms with Crippen LogP contribution in [-0.4, -0.2) is 20.2 Å². The first kappa shape index (κ1) is 23.3. The summed E-state index contributed by atoms with van der Waals surface area (Å²) in [6.07, 6.45) is -0.806. The van der Waals surface area contributed by atoms with E-state index in [-0.39, 0.29) is 6.54 Å². The van der Waals surface area contributed by atoms with Gasteiger partial charge in [-0.05, 0) is 52.4 Å². The van der Waals surface area contributed by atoms with Crippen molar-refractivity contribution in [3.63, 3.8) is 0 Å². The van der Waals surface area contributed by atoms with E-state index in [1.807, 2.05) is 60.7 Å². The van der Waals surface area contributed by atoms with Crippen molar-refractivity contribution in [3.8, 4) is 34.5 Å². The molecule has 1 atom stereocenters. The van der Waals surface area contributed by atoms with Gasteiger partial charge >= 0.3 is 5.97 Å². The van der Waals surface area contributed by atoms with Gasteiger partial charge in [-0.3, -0.25) is 4.79 Å². The molecule has 0 spiro atoms. The van der Waals surface area contributed by atoms with Gasteiger partial charge in [0.05, 0.1) is 20.8 Å². The van der Waals surface area contributed by atoms with Crippen LogP contribution >= 0.6 is 0 Å². The Bertz CT molecular complexity index is 1240. The van der Waals surface area contributed by atoms with Crippen LogP contribution in [-0.2, 0) is 16.1 Å². The zero-order valence-corrected chi connectivity index (χ0v) is 18.6. The summed E-state index contributed by atoms with van der Waals surface area (Å²) in [7, 11) is 3.09. The Hall–Kier alpha value is -4.40. The van der Waals surface area contributed by atoms with Gasteiger partial charge in [-0.2, -0.15) is 0 Å². The van der Waals surface area contributed by atoms with Crippen LogP contribution in [0.25, 0.3) is 21.6 Å². The Balaban J connectivity index is 2.19. The Kier molecular flexibility index (Phi) is 7.96. The fraction of sp³-hybridized carbons (Fsp3) is 0.192. The highest BCUT2D eigenvalue weighted by atomic mass is 16.5. The van der Waals surface area contributed by atoms with Crippen LogP contribution in [0.4, 0.5) is 0 Å². The quantitative estimate of drug-likeness (QED) is 0.151. The van der Waals surface area contributed by atoms with Crippen molar-refractivity contribution in [2.24, 2.45) is 5.11 Å². The molecule has 0 aliphatic rings. The molecule has 1 unspecified atom stereocenters. The first-order valence-electron chi connectivity index (χ1n) is 10.2. The minimum atomic E-state index is -0.806. The topological polar surface area (TPSA) is 93.5 Å². The average Bonchev–Trinajstić information content (AvgIpc) is 2.85. The molecule has 166 valence electrons. The van der Waals surface area contributed by atoms with E-state index in [4.69, 9.17) is 19.7 Å². The molecule has 0 saturated heterocycles. The van der Waals surface area contributed by atoms with Crippen molar-refractivity contribution in [2.75, 3.05) is 14.2 Å². The van der Waals surface area contributed by atoms with Crippen molar-refractivity contribution in [2.45, 2.75) is 19.6 Å². The summed E-state index contributed by atoms with van der Waals surface area (Å²) >= 11 is 0. The predicted octanol–water partition coefficient (Wildman–Crippen LogP) is 5.84. The van der Waals surface area contributed by atoms with Crippen molar-refractivity contribution >= 4 is 5.97 Å². The van der Waals surface area contributed by atoms with E-state index in [9.17, 15) is 4.79 Å². The number of azide groups is 1. The molecule has 7 nitrogen and oxygen atoms in total. The lowest BCUT2D eigenvalue weighted by molar-refractivity contribution is -0.144. The largest absolute Gasteiger partial charge is 0.493 e. The van der Waals surface area contributed by atoms with Gasteiger partial charge in [0.15, 0.2) is 17.6 Å². The SMILES string of the molecule is COc1cc(CN=[N+]=[N-])c(-c2ccccc2C(C#Cc2ccccc2)OC(C)=O)cc1OC. The van der Waals surface area contributed by atoms with E-state index in [2.05, 4.69) is 21.9 Å². The van der Waals surface area contributed by atoms with Gasteiger partial charge in [0.2, 0.25) is 0 Å². The summed E-state index contributed by atoms with van der Waals surface area (Å²) in [6.45, 7) is 1.46. The molecule has 0 bridgehead atoms. The van der Waals surface area contributed by atoms with E-state index < -0.39 is 12.1 Å². The highest BCUT2D eigenvalue weighted by molar-refractivity contribution is 5.76. The lowest BCUT2D eigenvalue weighted by Crippen LogP contribution is -2.08. The molecule has 7 heteroatoms. The lowest BCUT2D eigenvalue weighted by atomic mass is 9.92. The molecule has 0 aromatic heterocycles. The van der Waals surface area contributed by atoms with Gasteiger partial charge in [0, 0.05) is 23.0 Å². The van der Waals surface area contributed by atoms with Crippen LogP contribution in [0, 0.1) is 11.8 Å². The van der Waals surface area contributed by atoms with E-state index in [1.54, 1.807) is 20.3 Å². The molecule has 0 N–H and O–H groups in total. The molecule has 0 heterocycles. The van der Waals surface area contributed by atoms with Crippen LogP contribution in [0.5, 0.6) is 11.5 Å². The molecule has 3 rings (SSSR count). The summed E-state index contributed by atoms with van der Waals surface area (Å²) in [5.74, 6) is 6.75. The summed E-state index contributed by atoms with van der Waals surface area (Å²) in [4.78, 5) is 14.8. The van der Waals surface area contributed by atoms with Crippen molar-refractivity contribution < 1.29 is 19.0 Å². The third-order valence-corrected chi connectivity index (χ3v) is 4.85. The van der Waals surface area contributed by atoms with E-state index in [0.29, 0.717) is 17.1 Å². The van der Waals surface area contributed by atoms with Crippen molar-refractivity contribution in [1.82, 2.24) is 0 Å². The number of hydrogen-bond acceptors (Lipinski definition) is 5. The number of carbonyl (C=O) groups is 1. The van der Waals surface area contributed by atoms with Gasteiger partial charge in [-0.1, -0.05) is 53.5 Å². The van der Waals surface area contributed by atoms with E-state index >= 15 is 0 Å². The smallest absolute Gasteiger partial charge is 0.304 e.